The van der Waals surface area contributed by atoms with Crippen molar-refractivity contribution in [2.45, 2.75) is 45.4 Å². The first kappa shape index (κ1) is 14.4. The molecule has 0 aliphatic rings. The first-order valence-electron chi connectivity index (χ1n) is 6.38. The van der Waals surface area contributed by atoms with Gasteiger partial charge in [-0.3, -0.25) is 9.78 Å². The van der Waals surface area contributed by atoms with Gasteiger partial charge in [-0.05, 0) is 31.9 Å². The fourth-order valence-corrected chi connectivity index (χ4v) is 1.67. The highest BCUT2D eigenvalue weighted by Crippen LogP contribution is 2.08. The van der Waals surface area contributed by atoms with Gasteiger partial charge in [0.2, 0.25) is 5.91 Å². The molecule has 0 aromatic carbocycles. The third kappa shape index (κ3) is 6.78. The first-order valence-corrected chi connectivity index (χ1v) is 6.38. The van der Waals surface area contributed by atoms with Crippen LogP contribution in [-0.2, 0) is 9.59 Å². The normalized spacial score (nSPS) is 10.1. The van der Waals surface area contributed by atoms with E-state index in [1.807, 2.05) is 6.07 Å². The maximum atomic E-state index is 11.6. The van der Waals surface area contributed by atoms with Gasteiger partial charge in [-0.25, -0.2) is 0 Å². The Balaban J connectivity index is 2.05. The molecule has 1 aromatic rings. The summed E-state index contributed by atoms with van der Waals surface area (Å²) < 4.78 is 0. The van der Waals surface area contributed by atoms with E-state index in [1.165, 1.54) is 0 Å². The van der Waals surface area contributed by atoms with Crippen molar-refractivity contribution in [3.05, 3.63) is 24.5 Å². The molecule has 0 aliphatic carbocycles. The molecule has 1 amide bonds. The van der Waals surface area contributed by atoms with Gasteiger partial charge in [0.25, 0.3) is 0 Å². The Kier molecular flexibility index (Phi) is 6.69. The molecular formula is C14H20N2O2. The van der Waals surface area contributed by atoms with E-state index in [9.17, 15) is 9.59 Å². The fraction of sp³-hybridized carbons (Fsp3) is 0.500. The Bertz CT molecular complexity index is 377. The molecular weight excluding hydrogens is 228 g/mol. The number of aromatic nitrogens is 1. The van der Waals surface area contributed by atoms with Gasteiger partial charge in [0.15, 0.2) is 0 Å². The highest BCUT2D eigenvalue weighted by molar-refractivity contribution is 5.90. The van der Waals surface area contributed by atoms with E-state index in [4.69, 9.17) is 0 Å². The summed E-state index contributed by atoms with van der Waals surface area (Å²) in [5, 5.41) is 2.80. The zero-order valence-corrected chi connectivity index (χ0v) is 10.8. The van der Waals surface area contributed by atoms with Gasteiger partial charge in [-0.1, -0.05) is 12.8 Å². The van der Waals surface area contributed by atoms with Crippen molar-refractivity contribution in [2.75, 3.05) is 5.32 Å². The van der Waals surface area contributed by atoms with Gasteiger partial charge in [0.1, 0.15) is 5.78 Å². The number of nitrogens with one attached hydrogen (secondary N) is 1. The van der Waals surface area contributed by atoms with Crippen molar-refractivity contribution in [2.24, 2.45) is 0 Å². The van der Waals surface area contributed by atoms with Crippen molar-refractivity contribution >= 4 is 17.4 Å². The Labute approximate surface area is 108 Å². The summed E-state index contributed by atoms with van der Waals surface area (Å²) in [4.78, 5) is 26.2. The van der Waals surface area contributed by atoms with Crippen LogP contribution in [0.1, 0.15) is 45.4 Å². The Morgan fingerprint density at radius 1 is 1.17 bits per heavy atom. The topological polar surface area (TPSA) is 59.1 Å². The lowest BCUT2D eigenvalue weighted by Gasteiger charge is -2.04. The molecule has 1 aromatic heterocycles. The summed E-state index contributed by atoms with van der Waals surface area (Å²) in [6.45, 7) is 1.61. The van der Waals surface area contributed by atoms with Crippen LogP contribution < -0.4 is 5.32 Å². The Hall–Kier alpha value is -1.71. The molecule has 0 spiro atoms. The number of carbonyl (C=O) groups excluding carboxylic acids is 2. The molecule has 1 N–H and O–H groups in total. The quantitative estimate of drug-likeness (QED) is 0.719. The first-order chi connectivity index (χ1) is 8.68. The largest absolute Gasteiger partial charge is 0.325 e. The minimum Gasteiger partial charge on any atom is -0.325 e. The van der Waals surface area contributed by atoms with E-state index in [0.717, 1.165) is 31.4 Å². The third-order valence-electron chi connectivity index (χ3n) is 2.63. The molecule has 0 saturated carbocycles. The van der Waals surface area contributed by atoms with Crippen LogP contribution in [0.4, 0.5) is 5.69 Å². The van der Waals surface area contributed by atoms with E-state index in [0.29, 0.717) is 12.8 Å². The zero-order chi connectivity index (χ0) is 13.2. The number of carbonyl (C=O) groups is 2. The minimum atomic E-state index is 0.0227. The number of pyridine rings is 1. The molecule has 0 atom stereocenters. The average Bonchev–Trinajstić information content (AvgIpc) is 2.34. The molecule has 98 valence electrons. The predicted molar refractivity (Wildman–Crippen MR) is 71.2 cm³/mol. The van der Waals surface area contributed by atoms with Crippen molar-refractivity contribution in [3.8, 4) is 0 Å². The lowest BCUT2D eigenvalue weighted by Crippen LogP contribution is -2.11. The van der Waals surface area contributed by atoms with E-state index >= 15 is 0 Å². The van der Waals surface area contributed by atoms with Gasteiger partial charge in [0.05, 0.1) is 11.9 Å². The fourth-order valence-electron chi connectivity index (χ4n) is 1.67. The molecule has 4 nitrogen and oxygen atoms in total. The lowest BCUT2D eigenvalue weighted by molar-refractivity contribution is -0.117. The van der Waals surface area contributed by atoms with Crippen molar-refractivity contribution in [3.63, 3.8) is 0 Å². The minimum absolute atomic E-state index is 0.0227. The van der Waals surface area contributed by atoms with Crippen molar-refractivity contribution in [1.29, 1.82) is 0 Å². The molecule has 0 saturated heterocycles. The van der Waals surface area contributed by atoms with Crippen LogP contribution in [0.15, 0.2) is 24.5 Å². The Morgan fingerprint density at radius 2 is 1.89 bits per heavy atom. The summed E-state index contributed by atoms with van der Waals surface area (Å²) in [6, 6.07) is 3.61. The van der Waals surface area contributed by atoms with Crippen molar-refractivity contribution < 1.29 is 9.59 Å². The van der Waals surface area contributed by atoms with Crippen LogP contribution in [0, 0.1) is 0 Å². The number of nitrogens with zero attached hydrogens (tertiary/aromatic N) is 1. The van der Waals surface area contributed by atoms with Gasteiger partial charge < -0.3 is 10.1 Å². The Morgan fingerprint density at radius 3 is 2.50 bits per heavy atom. The maximum Gasteiger partial charge on any atom is 0.224 e. The van der Waals surface area contributed by atoms with Crippen LogP contribution in [0.3, 0.4) is 0 Å². The van der Waals surface area contributed by atoms with Gasteiger partial charge in [0, 0.05) is 19.0 Å². The summed E-state index contributed by atoms with van der Waals surface area (Å²) in [7, 11) is 0. The van der Waals surface area contributed by atoms with Gasteiger partial charge in [-0.15, -0.1) is 0 Å². The number of hydrogen-bond donors (Lipinski definition) is 1. The average molecular weight is 248 g/mol. The number of anilines is 1. The number of ketones is 1. The summed E-state index contributed by atoms with van der Waals surface area (Å²) in [5.41, 5.74) is 0.735. The SMILES string of the molecule is CC(=O)CCCCCCC(=O)Nc1cccnc1. The summed E-state index contributed by atoms with van der Waals surface area (Å²) >= 11 is 0. The molecule has 0 radical (unpaired) electrons. The lowest BCUT2D eigenvalue weighted by atomic mass is 10.1. The monoisotopic (exact) mass is 248 g/mol. The summed E-state index contributed by atoms with van der Waals surface area (Å²) in [5.74, 6) is 0.263. The predicted octanol–water partition coefficient (Wildman–Crippen LogP) is 2.95. The third-order valence-corrected chi connectivity index (χ3v) is 2.63. The molecule has 1 rings (SSSR count). The molecule has 0 bridgehead atoms. The number of hydrogen-bond acceptors (Lipinski definition) is 3. The highest BCUT2D eigenvalue weighted by Gasteiger charge is 2.02. The molecule has 18 heavy (non-hydrogen) atoms. The maximum absolute atomic E-state index is 11.6. The molecule has 0 unspecified atom stereocenters. The standard InChI is InChI=1S/C14H20N2O2/c1-12(17)7-4-2-3-5-9-14(18)16-13-8-6-10-15-11-13/h6,8,10-11H,2-5,7,9H2,1H3,(H,16,18). The van der Waals surface area contributed by atoms with E-state index < -0.39 is 0 Å². The van der Waals surface area contributed by atoms with Gasteiger partial charge >= 0.3 is 0 Å². The number of unbranched alkanes of at least 4 members (excludes halogenated alkanes) is 3. The second-order valence-electron chi connectivity index (χ2n) is 4.41. The number of amides is 1. The van der Waals surface area contributed by atoms with Crippen LogP contribution >= 0.6 is 0 Å². The second kappa shape index (κ2) is 8.39. The van der Waals surface area contributed by atoms with Crippen LogP contribution in [-0.4, -0.2) is 16.7 Å². The summed E-state index contributed by atoms with van der Waals surface area (Å²) in [6.07, 6.45) is 8.28. The van der Waals surface area contributed by atoms with Gasteiger partial charge in [-0.2, -0.15) is 0 Å². The molecule has 1 heterocycles. The van der Waals surface area contributed by atoms with E-state index in [2.05, 4.69) is 10.3 Å². The highest BCUT2D eigenvalue weighted by atomic mass is 16.1. The van der Waals surface area contributed by atoms with Crippen LogP contribution in [0.5, 0.6) is 0 Å². The smallest absolute Gasteiger partial charge is 0.224 e. The van der Waals surface area contributed by atoms with E-state index in [-0.39, 0.29) is 11.7 Å². The van der Waals surface area contributed by atoms with E-state index in [1.54, 1.807) is 25.4 Å². The molecule has 4 heteroatoms. The van der Waals surface area contributed by atoms with Crippen molar-refractivity contribution in [1.82, 2.24) is 4.98 Å². The second-order valence-corrected chi connectivity index (χ2v) is 4.41. The molecule has 0 aliphatic heterocycles. The number of Topliss-reactive ketones (excluding diaryl/α,β-unsaturated/α-hetero) is 1. The number of rotatable bonds is 8. The van der Waals surface area contributed by atoms with Crippen LogP contribution in [0.25, 0.3) is 0 Å². The molecule has 0 fully saturated rings. The van der Waals surface area contributed by atoms with Crippen LogP contribution in [0.2, 0.25) is 0 Å². The zero-order valence-electron chi connectivity index (χ0n) is 10.8.